The molecule has 6 heteroatoms. The number of rotatable bonds is 6. The molecule has 1 atom stereocenters. The van der Waals surface area contributed by atoms with E-state index in [4.69, 9.17) is 0 Å². The summed E-state index contributed by atoms with van der Waals surface area (Å²) in [6, 6.07) is 26.7. The van der Waals surface area contributed by atoms with Crippen LogP contribution in [0.15, 0.2) is 84.9 Å². The Hall–Kier alpha value is -3.80. The minimum absolute atomic E-state index is 0.0717. The van der Waals surface area contributed by atoms with Gasteiger partial charge in [-0.15, -0.1) is 0 Å². The molecule has 3 N–H and O–H groups in total. The largest absolute Gasteiger partial charge is 0.338 e. The van der Waals surface area contributed by atoms with E-state index in [0.717, 1.165) is 23.5 Å². The molecule has 3 amide bonds. The summed E-state index contributed by atoms with van der Waals surface area (Å²) in [6.45, 7) is 0.509. The summed E-state index contributed by atoms with van der Waals surface area (Å²) in [5.74, 6) is -0.0717. The molecule has 30 heavy (non-hydrogen) atoms. The van der Waals surface area contributed by atoms with Crippen molar-refractivity contribution in [2.75, 3.05) is 16.8 Å². The fraction of sp³-hybridized carbons (Fsp3) is 0.167. The van der Waals surface area contributed by atoms with Crippen LogP contribution in [0.2, 0.25) is 0 Å². The van der Waals surface area contributed by atoms with Gasteiger partial charge in [0.25, 0.3) is 5.91 Å². The molecule has 0 fully saturated rings. The number of hydrogen-bond acceptors (Lipinski definition) is 3. The number of carbonyl (C=O) groups excluding carboxylic acids is 2. The first-order chi connectivity index (χ1) is 14.7. The Kier molecular flexibility index (Phi) is 5.94. The van der Waals surface area contributed by atoms with Crippen LogP contribution in [0.4, 0.5) is 21.9 Å². The molecule has 1 aliphatic heterocycles. The van der Waals surface area contributed by atoms with Crippen molar-refractivity contribution in [3.63, 3.8) is 0 Å². The maximum Gasteiger partial charge on any atom is 0.319 e. The lowest BCUT2D eigenvalue weighted by atomic mass is 10.0. The van der Waals surface area contributed by atoms with Crippen LogP contribution >= 0.6 is 0 Å². The van der Waals surface area contributed by atoms with Crippen LogP contribution in [0.5, 0.6) is 0 Å². The molecule has 1 unspecified atom stereocenters. The molecule has 0 saturated heterocycles. The van der Waals surface area contributed by atoms with Crippen LogP contribution < -0.4 is 20.9 Å². The van der Waals surface area contributed by atoms with E-state index in [1.165, 1.54) is 0 Å². The van der Waals surface area contributed by atoms with Crippen LogP contribution in [0.3, 0.4) is 0 Å². The molecule has 3 aromatic carbocycles. The van der Waals surface area contributed by atoms with Gasteiger partial charge in [-0.25, -0.2) is 4.79 Å². The molecule has 6 nitrogen and oxygen atoms in total. The van der Waals surface area contributed by atoms with Gasteiger partial charge in [0.05, 0.1) is 11.3 Å². The fourth-order valence-corrected chi connectivity index (χ4v) is 3.64. The number of nitrogens with one attached hydrogen (secondary N) is 3. The first-order valence-corrected chi connectivity index (χ1v) is 10.1. The third kappa shape index (κ3) is 4.43. The van der Waals surface area contributed by atoms with Gasteiger partial charge in [-0.2, -0.15) is 0 Å². The molecule has 152 valence electrons. The summed E-state index contributed by atoms with van der Waals surface area (Å²) in [4.78, 5) is 26.8. The second-order valence-electron chi connectivity index (χ2n) is 7.10. The maximum atomic E-state index is 12.6. The van der Waals surface area contributed by atoms with Crippen molar-refractivity contribution in [2.45, 2.75) is 19.0 Å². The van der Waals surface area contributed by atoms with Crippen LogP contribution in [-0.4, -0.2) is 24.6 Å². The minimum atomic E-state index is -0.237. The summed E-state index contributed by atoms with van der Waals surface area (Å²) < 4.78 is 0. The molecule has 1 aliphatic rings. The van der Waals surface area contributed by atoms with Crippen molar-refractivity contribution in [1.82, 2.24) is 10.6 Å². The Morgan fingerprint density at radius 1 is 0.900 bits per heavy atom. The molecule has 0 saturated carbocycles. The van der Waals surface area contributed by atoms with Gasteiger partial charge < -0.3 is 20.9 Å². The molecule has 4 rings (SSSR count). The number of amides is 3. The van der Waals surface area contributed by atoms with Crippen molar-refractivity contribution in [3.8, 4) is 0 Å². The number of hydrogen-bond donors (Lipinski definition) is 3. The standard InChI is InChI=1S/C24H24N4O2/c29-23-20-14-7-8-15-21(20)28(19-12-5-2-6-13-19)22(27-23)16-9-17-25-24(30)26-18-10-3-1-4-11-18/h1-8,10-15,22H,9,16-17H2,(H,27,29)(H2,25,26,30). The number of benzene rings is 3. The number of anilines is 3. The fourth-order valence-electron chi connectivity index (χ4n) is 3.64. The normalized spacial score (nSPS) is 15.1. The molecule has 1 heterocycles. The van der Waals surface area contributed by atoms with Crippen molar-refractivity contribution in [2.24, 2.45) is 0 Å². The van der Waals surface area contributed by atoms with E-state index in [1.54, 1.807) is 0 Å². The number of nitrogens with zero attached hydrogens (tertiary/aromatic N) is 1. The Morgan fingerprint density at radius 3 is 2.33 bits per heavy atom. The molecular weight excluding hydrogens is 376 g/mol. The van der Waals surface area contributed by atoms with E-state index in [9.17, 15) is 9.59 Å². The van der Waals surface area contributed by atoms with Gasteiger partial charge in [-0.1, -0.05) is 48.5 Å². The molecule has 0 aromatic heterocycles. The lowest BCUT2D eigenvalue weighted by Gasteiger charge is -2.39. The minimum Gasteiger partial charge on any atom is -0.338 e. The summed E-state index contributed by atoms with van der Waals surface area (Å²) in [5, 5.41) is 8.79. The predicted molar refractivity (Wildman–Crippen MR) is 119 cm³/mol. The predicted octanol–water partition coefficient (Wildman–Crippen LogP) is 4.50. The molecule has 0 bridgehead atoms. The van der Waals surface area contributed by atoms with E-state index in [2.05, 4.69) is 20.9 Å². The SMILES string of the molecule is O=C(NCCCC1NC(=O)c2ccccc2N1c1ccccc1)Nc1ccccc1. The third-order valence-corrected chi connectivity index (χ3v) is 5.02. The summed E-state index contributed by atoms with van der Waals surface area (Å²) in [5.41, 5.74) is 3.33. The van der Waals surface area contributed by atoms with Crippen LogP contribution in [0.1, 0.15) is 23.2 Å². The zero-order valence-electron chi connectivity index (χ0n) is 16.5. The highest BCUT2D eigenvalue weighted by Crippen LogP contribution is 2.34. The second-order valence-corrected chi connectivity index (χ2v) is 7.10. The number of fused-ring (bicyclic) bond motifs is 1. The Labute approximate surface area is 175 Å². The third-order valence-electron chi connectivity index (χ3n) is 5.02. The van der Waals surface area contributed by atoms with Crippen LogP contribution in [0.25, 0.3) is 0 Å². The zero-order chi connectivity index (χ0) is 20.8. The topological polar surface area (TPSA) is 73.5 Å². The Morgan fingerprint density at radius 2 is 1.57 bits per heavy atom. The highest BCUT2D eigenvalue weighted by molar-refractivity contribution is 6.03. The zero-order valence-corrected chi connectivity index (χ0v) is 16.5. The lowest BCUT2D eigenvalue weighted by molar-refractivity contribution is 0.0927. The highest BCUT2D eigenvalue weighted by atomic mass is 16.2. The summed E-state index contributed by atoms with van der Waals surface area (Å²) in [6.07, 6.45) is 1.23. The molecule has 0 spiro atoms. The summed E-state index contributed by atoms with van der Waals surface area (Å²) >= 11 is 0. The van der Waals surface area contributed by atoms with E-state index in [1.807, 2.05) is 84.9 Å². The average Bonchev–Trinajstić information content (AvgIpc) is 2.78. The average molecular weight is 400 g/mol. The van der Waals surface area contributed by atoms with Crippen molar-refractivity contribution < 1.29 is 9.59 Å². The van der Waals surface area contributed by atoms with Gasteiger partial charge in [0.1, 0.15) is 6.17 Å². The first-order valence-electron chi connectivity index (χ1n) is 10.1. The van der Waals surface area contributed by atoms with E-state index < -0.39 is 0 Å². The lowest BCUT2D eigenvalue weighted by Crippen LogP contribution is -2.50. The molecular formula is C24H24N4O2. The van der Waals surface area contributed by atoms with Crippen molar-refractivity contribution in [3.05, 3.63) is 90.5 Å². The quantitative estimate of drug-likeness (QED) is 0.534. The van der Waals surface area contributed by atoms with Gasteiger partial charge >= 0.3 is 6.03 Å². The number of urea groups is 1. The van der Waals surface area contributed by atoms with E-state index in [0.29, 0.717) is 18.5 Å². The summed E-state index contributed by atoms with van der Waals surface area (Å²) in [7, 11) is 0. The van der Waals surface area contributed by atoms with Crippen molar-refractivity contribution >= 4 is 29.0 Å². The van der Waals surface area contributed by atoms with Gasteiger partial charge in [-0.05, 0) is 49.2 Å². The maximum absolute atomic E-state index is 12.6. The van der Waals surface area contributed by atoms with Gasteiger partial charge in [0.2, 0.25) is 0 Å². The second kappa shape index (κ2) is 9.13. The van der Waals surface area contributed by atoms with E-state index >= 15 is 0 Å². The molecule has 3 aromatic rings. The number of carbonyl (C=O) groups is 2. The van der Waals surface area contributed by atoms with Gasteiger partial charge in [0, 0.05) is 17.9 Å². The van der Waals surface area contributed by atoms with Crippen LogP contribution in [-0.2, 0) is 0 Å². The highest BCUT2D eigenvalue weighted by Gasteiger charge is 2.31. The molecule has 0 radical (unpaired) electrons. The van der Waals surface area contributed by atoms with Gasteiger partial charge in [0.15, 0.2) is 0 Å². The monoisotopic (exact) mass is 400 g/mol. The van der Waals surface area contributed by atoms with Crippen LogP contribution in [0, 0.1) is 0 Å². The Balaban J connectivity index is 1.40. The number of para-hydroxylation sites is 3. The molecule has 0 aliphatic carbocycles. The van der Waals surface area contributed by atoms with E-state index in [-0.39, 0.29) is 18.1 Å². The van der Waals surface area contributed by atoms with Crippen molar-refractivity contribution in [1.29, 1.82) is 0 Å². The van der Waals surface area contributed by atoms with Gasteiger partial charge in [-0.3, -0.25) is 4.79 Å². The first kappa shape index (κ1) is 19.5. The Bertz CT molecular complexity index is 1010. The smallest absolute Gasteiger partial charge is 0.319 e.